The quantitative estimate of drug-likeness (QED) is 0.763. The molecule has 0 bridgehead atoms. The third-order valence-electron chi connectivity index (χ3n) is 3.72. The van der Waals surface area contributed by atoms with Gasteiger partial charge < -0.3 is 20.7 Å². The first-order valence-electron chi connectivity index (χ1n) is 6.72. The second-order valence-corrected chi connectivity index (χ2v) is 5.13. The van der Waals surface area contributed by atoms with Crippen molar-refractivity contribution in [2.24, 2.45) is 5.73 Å². The van der Waals surface area contributed by atoms with Crippen LogP contribution in [0, 0.1) is 0 Å². The zero-order valence-electron chi connectivity index (χ0n) is 12.0. The van der Waals surface area contributed by atoms with Crippen LogP contribution in [0.25, 0.3) is 10.9 Å². The molecule has 6 nitrogen and oxygen atoms in total. The average Bonchev–Trinajstić information content (AvgIpc) is 2.88. The van der Waals surface area contributed by atoms with Crippen LogP contribution >= 0.6 is 0 Å². The summed E-state index contributed by atoms with van der Waals surface area (Å²) in [4.78, 5) is 27.4. The van der Waals surface area contributed by atoms with Gasteiger partial charge in [0, 0.05) is 24.1 Å². The minimum Gasteiger partial charge on any atom is -0.480 e. The van der Waals surface area contributed by atoms with Gasteiger partial charge in [-0.05, 0) is 25.0 Å². The first kappa shape index (κ1) is 15.1. The molecule has 2 aromatic rings. The zero-order chi connectivity index (χ0) is 15.6. The van der Waals surface area contributed by atoms with E-state index in [0.717, 1.165) is 16.5 Å². The van der Waals surface area contributed by atoms with Crippen molar-refractivity contribution >= 4 is 22.8 Å². The molecule has 6 heteroatoms. The van der Waals surface area contributed by atoms with E-state index in [0.29, 0.717) is 6.42 Å². The number of hydrogen-bond donors (Lipinski definition) is 3. The van der Waals surface area contributed by atoms with Crippen LogP contribution in [-0.2, 0) is 16.0 Å². The van der Waals surface area contributed by atoms with Crippen molar-refractivity contribution in [2.75, 3.05) is 7.05 Å². The summed E-state index contributed by atoms with van der Waals surface area (Å²) in [6.07, 6.45) is 2.19. The molecule has 1 heterocycles. The Kier molecular flexibility index (Phi) is 4.28. The Morgan fingerprint density at radius 1 is 1.38 bits per heavy atom. The summed E-state index contributed by atoms with van der Waals surface area (Å²) in [6, 6.07) is 6.09. The molecule has 1 unspecified atom stereocenters. The van der Waals surface area contributed by atoms with E-state index in [2.05, 4.69) is 4.98 Å². The number of amides is 1. The number of aromatic amines is 1. The van der Waals surface area contributed by atoms with Gasteiger partial charge in [0.2, 0.25) is 5.91 Å². The minimum atomic E-state index is -1.05. The molecule has 112 valence electrons. The van der Waals surface area contributed by atoms with Crippen LogP contribution in [0.2, 0.25) is 0 Å². The lowest BCUT2D eigenvalue weighted by Gasteiger charge is -2.24. The van der Waals surface area contributed by atoms with Crippen LogP contribution < -0.4 is 5.73 Å². The molecular formula is C15H19N3O3. The van der Waals surface area contributed by atoms with Crippen LogP contribution in [-0.4, -0.2) is 46.0 Å². The van der Waals surface area contributed by atoms with Gasteiger partial charge in [-0.25, -0.2) is 4.79 Å². The predicted molar refractivity (Wildman–Crippen MR) is 79.8 cm³/mol. The fourth-order valence-corrected chi connectivity index (χ4v) is 2.24. The molecule has 0 radical (unpaired) electrons. The van der Waals surface area contributed by atoms with E-state index in [-0.39, 0.29) is 5.91 Å². The number of carboxylic acid groups (broad SMARTS) is 1. The van der Waals surface area contributed by atoms with E-state index in [9.17, 15) is 9.59 Å². The Bertz CT molecular complexity index is 665. The molecule has 0 spiro atoms. The number of likely N-dealkylation sites (N-methyl/N-ethyl adjacent to an activating group) is 1. The zero-order valence-corrected chi connectivity index (χ0v) is 12.0. The number of fused-ring (bicyclic) bond motifs is 1. The molecule has 2 atom stereocenters. The third-order valence-corrected chi connectivity index (χ3v) is 3.72. The molecule has 0 saturated carbocycles. The Morgan fingerprint density at radius 2 is 2.05 bits per heavy atom. The maximum absolute atomic E-state index is 12.2. The molecule has 21 heavy (non-hydrogen) atoms. The number of para-hydroxylation sites is 1. The lowest BCUT2D eigenvalue weighted by atomic mass is 10.0. The number of nitrogens with one attached hydrogen (secondary N) is 1. The topological polar surface area (TPSA) is 99.4 Å². The molecule has 4 N–H and O–H groups in total. The molecule has 1 aromatic heterocycles. The van der Waals surface area contributed by atoms with Crippen LogP contribution in [0.5, 0.6) is 0 Å². The van der Waals surface area contributed by atoms with Crippen molar-refractivity contribution in [3.63, 3.8) is 0 Å². The summed E-state index contributed by atoms with van der Waals surface area (Å²) in [6.45, 7) is 1.46. The SMILES string of the molecule is CC(C(=O)O)N(C)C(=O)[C@H](N)Cc1c[nH]c2ccccc12. The summed E-state index contributed by atoms with van der Waals surface area (Å²) in [5, 5.41) is 9.96. The van der Waals surface area contributed by atoms with Gasteiger partial charge in [-0.2, -0.15) is 0 Å². The molecule has 1 amide bonds. The van der Waals surface area contributed by atoms with Crippen molar-refractivity contribution in [3.05, 3.63) is 36.0 Å². The number of nitrogens with zero attached hydrogens (tertiary/aromatic N) is 1. The highest BCUT2D eigenvalue weighted by Gasteiger charge is 2.26. The number of nitrogens with two attached hydrogens (primary N) is 1. The summed E-state index contributed by atoms with van der Waals surface area (Å²) in [7, 11) is 1.45. The van der Waals surface area contributed by atoms with Crippen LogP contribution in [0.15, 0.2) is 30.5 Å². The minimum absolute atomic E-state index is 0.361. The van der Waals surface area contributed by atoms with E-state index in [1.165, 1.54) is 18.9 Å². The number of aromatic nitrogens is 1. The molecular weight excluding hydrogens is 270 g/mol. The van der Waals surface area contributed by atoms with Crippen molar-refractivity contribution < 1.29 is 14.7 Å². The summed E-state index contributed by atoms with van der Waals surface area (Å²) >= 11 is 0. The Balaban J connectivity index is 2.12. The van der Waals surface area contributed by atoms with Crippen LogP contribution in [0.3, 0.4) is 0 Å². The third kappa shape index (κ3) is 3.05. The fourth-order valence-electron chi connectivity index (χ4n) is 2.24. The maximum atomic E-state index is 12.2. The highest BCUT2D eigenvalue weighted by atomic mass is 16.4. The monoisotopic (exact) mass is 289 g/mol. The maximum Gasteiger partial charge on any atom is 0.326 e. The highest BCUT2D eigenvalue weighted by molar-refractivity contribution is 5.88. The van der Waals surface area contributed by atoms with E-state index in [1.54, 1.807) is 0 Å². The van der Waals surface area contributed by atoms with E-state index in [1.807, 2.05) is 30.5 Å². The van der Waals surface area contributed by atoms with E-state index in [4.69, 9.17) is 10.8 Å². The first-order valence-corrected chi connectivity index (χ1v) is 6.72. The lowest BCUT2D eigenvalue weighted by Crippen LogP contribution is -2.49. The summed E-state index contributed by atoms with van der Waals surface area (Å²) in [5.74, 6) is -1.43. The summed E-state index contributed by atoms with van der Waals surface area (Å²) < 4.78 is 0. The van der Waals surface area contributed by atoms with Gasteiger partial charge in [-0.3, -0.25) is 4.79 Å². The number of rotatable bonds is 5. The molecule has 0 fully saturated rings. The van der Waals surface area contributed by atoms with Gasteiger partial charge in [0.05, 0.1) is 6.04 Å². The number of benzene rings is 1. The van der Waals surface area contributed by atoms with Crippen LogP contribution in [0.4, 0.5) is 0 Å². The second kappa shape index (κ2) is 5.97. The van der Waals surface area contributed by atoms with Gasteiger partial charge in [-0.1, -0.05) is 18.2 Å². The number of hydrogen-bond acceptors (Lipinski definition) is 3. The number of aliphatic carboxylic acids is 1. The van der Waals surface area contributed by atoms with Crippen molar-refractivity contribution in [1.82, 2.24) is 9.88 Å². The van der Waals surface area contributed by atoms with Gasteiger partial charge in [0.15, 0.2) is 0 Å². The number of carbonyl (C=O) groups is 2. The van der Waals surface area contributed by atoms with Crippen LogP contribution in [0.1, 0.15) is 12.5 Å². The molecule has 1 aromatic carbocycles. The molecule has 0 aliphatic carbocycles. The standard InChI is InChI=1S/C15H19N3O3/c1-9(15(20)21)18(2)14(19)12(16)7-10-8-17-13-6-4-3-5-11(10)13/h3-6,8-9,12,17H,7,16H2,1-2H3,(H,20,21)/t9?,12-/m1/s1. The number of carboxylic acids is 1. The molecule has 0 aliphatic rings. The Morgan fingerprint density at radius 3 is 2.71 bits per heavy atom. The predicted octanol–water partition coefficient (Wildman–Crippen LogP) is 0.969. The highest BCUT2D eigenvalue weighted by Crippen LogP contribution is 2.19. The van der Waals surface area contributed by atoms with Gasteiger partial charge >= 0.3 is 5.97 Å². The van der Waals surface area contributed by atoms with E-state index < -0.39 is 18.1 Å². The smallest absolute Gasteiger partial charge is 0.326 e. The van der Waals surface area contributed by atoms with Gasteiger partial charge in [-0.15, -0.1) is 0 Å². The molecule has 2 rings (SSSR count). The fraction of sp³-hybridized carbons (Fsp3) is 0.333. The number of carbonyl (C=O) groups excluding carboxylic acids is 1. The number of H-pyrrole nitrogens is 1. The van der Waals surface area contributed by atoms with Crippen molar-refractivity contribution in [1.29, 1.82) is 0 Å². The largest absolute Gasteiger partial charge is 0.480 e. The van der Waals surface area contributed by atoms with E-state index >= 15 is 0 Å². The molecule has 0 saturated heterocycles. The summed E-state index contributed by atoms with van der Waals surface area (Å²) in [5.41, 5.74) is 7.87. The second-order valence-electron chi connectivity index (χ2n) is 5.13. The normalized spacial score (nSPS) is 13.9. The van der Waals surface area contributed by atoms with Gasteiger partial charge in [0.1, 0.15) is 6.04 Å². The Labute approximate surface area is 122 Å². The average molecular weight is 289 g/mol. The Hall–Kier alpha value is -2.34. The first-order chi connectivity index (χ1) is 9.91. The van der Waals surface area contributed by atoms with Gasteiger partial charge in [0.25, 0.3) is 0 Å². The van der Waals surface area contributed by atoms with Crippen molar-refractivity contribution in [2.45, 2.75) is 25.4 Å². The van der Waals surface area contributed by atoms with Crippen molar-refractivity contribution in [3.8, 4) is 0 Å². The molecule has 0 aliphatic heterocycles. The lowest BCUT2D eigenvalue weighted by molar-refractivity contribution is -0.148.